The molecule has 0 aromatic heterocycles. The lowest BCUT2D eigenvalue weighted by molar-refractivity contribution is -0.332. The van der Waals surface area contributed by atoms with Crippen molar-refractivity contribution in [3.8, 4) is 0 Å². The molecule has 0 aromatic carbocycles. The molecule has 2 aliphatic heterocycles. The van der Waals surface area contributed by atoms with E-state index in [0.717, 1.165) is 70.6 Å². The fourth-order valence-corrected chi connectivity index (χ4v) is 8.52. The van der Waals surface area contributed by atoms with Gasteiger partial charge in [-0.1, -0.05) is 176 Å². The zero-order chi connectivity index (χ0) is 53.7. The summed E-state index contributed by atoms with van der Waals surface area (Å²) in [6.45, 7) is 3.50. The maximum absolute atomic E-state index is 13.1. The normalized spacial score (nSPS) is 25.4. The van der Waals surface area contributed by atoms with Gasteiger partial charge in [0.2, 0.25) is 0 Å². The molecule has 0 saturated carbocycles. The minimum atomic E-state index is -1.72. The third-order valence-corrected chi connectivity index (χ3v) is 13.1. The maximum atomic E-state index is 13.1. The summed E-state index contributed by atoms with van der Waals surface area (Å²) in [6, 6.07) is 0. The van der Waals surface area contributed by atoms with Crippen molar-refractivity contribution in [2.24, 2.45) is 0 Å². The monoisotopic (exact) mass is 1050 g/mol. The molecular weight excluding hydrogens is 945 g/mol. The van der Waals surface area contributed by atoms with Crippen LogP contribution in [-0.2, 0) is 33.2 Å². The zero-order valence-corrected chi connectivity index (χ0v) is 45.5. The first-order valence-electron chi connectivity index (χ1n) is 28.7. The molecule has 426 valence electrons. The van der Waals surface area contributed by atoms with Gasteiger partial charge in [-0.05, 0) is 89.9 Å². The second kappa shape index (κ2) is 46.3. The van der Waals surface area contributed by atoms with Gasteiger partial charge in [0.25, 0.3) is 0 Å². The van der Waals surface area contributed by atoms with Crippen LogP contribution in [0.3, 0.4) is 0 Å². The SMILES string of the molecule is CC/C=C\C/C=C\C/C=C\C/C=C\C/C=C\C/C=C\CCCCC(=O)OC(COCCCCCCCCCC/C=C\CCCCCCCCC)COC1OC(COC2OC(CO)C(O)C(O)C2O)C(O)C(O)C1O. The Kier molecular flexibility index (Phi) is 42.1. The number of hydrogen-bond acceptors (Lipinski definition) is 14. The number of carbonyl (C=O) groups is 1. The van der Waals surface area contributed by atoms with Gasteiger partial charge in [0.1, 0.15) is 54.9 Å². The van der Waals surface area contributed by atoms with Gasteiger partial charge in [0.15, 0.2) is 12.6 Å². The molecule has 0 spiro atoms. The molecule has 0 radical (unpaired) electrons. The molecule has 0 amide bonds. The summed E-state index contributed by atoms with van der Waals surface area (Å²) in [5.74, 6) is -0.421. The molecule has 2 rings (SSSR count). The van der Waals surface area contributed by atoms with Crippen LogP contribution in [0.25, 0.3) is 0 Å². The highest BCUT2D eigenvalue weighted by molar-refractivity contribution is 5.69. The third kappa shape index (κ3) is 32.7. The summed E-state index contributed by atoms with van der Waals surface area (Å²) in [6.07, 6.45) is 43.6. The van der Waals surface area contributed by atoms with Crippen molar-refractivity contribution in [1.29, 1.82) is 0 Å². The number of esters is 1. The maximum Gasteiger partial charge on any atom is 0.306 e. The highest BCUT2D eigenvalue weighted by atomic mass is 16.7. The van der Waals surface area contributed by atoms with Crippen LogP contribution in [0.2, 0.25) is 0 Å². The van der Waals surface area contributed by atoms with E-state index in [1.165, 1.54) is 89.9 Å². The van der Waals surface area contributed by atoms with Crippen LogP contribution in [-0.4, -0.2) is 142 Å². The fourth-order valence-electron chi connectivity index (χ4n) is 8.52. The van der Waals surface area contributed by atoms with Crippen LogP contribution in [0, 0.1) is 0 Å². The lowest BCUT2D eigenvalue weighted by Crippen LogP contribution is -2.61. The summed E-state index contributed by atoms with van der Waals surface area (Å²) in [5.41, 5.74) is 0. The van der Waals surface area contributed by atoms with E-state index in [9.17, 15) is 40.5 Å². The van der Waals surface area contributed by atoms with Crippen molar-refractivity contribution in [3.63, 3.8) is 0 Å². The minimum Gasteiger partial charge on any atom is -0.457 e. The molecule has 2 fully saturated rings. The van der Waals surface area contributed by atoms with E-state index in [0.29, 0.717) is 13.0 Å². The second-order valence-corrected chi connectivity index (χ2v) is 19.7. The van der Waals surface area contributed by atoms with Gasteiger partial charge >= 0.3 is 5.97 Å². The third-order valence-electron chi connectivity index (χ3n) is 13.1. The molecule has 0 bridgehead atoms. The summed E-state index contributed by atoms with van der Waals surface area (Å²) < 4.78 is 34.3. The number of aliphatic hydroxyl groups excluding tert-OH is 7. The Morgan fingerprint density at radius 2 is 0.878 bits per heavy atom. The molecule has 11 unspecified atom stereocenters. The minimum absolute atomic E-state index is 0.0371. The zero-order valence-electron chi connectivity index (χ0n) is 45.5. The number of aliphatic hydroxyl groups is 7. The van der Waals surface area contributed by atoms with Crippen molar-refractivity contribution in [3.05, 3.63) is 85.1 Å². The quantitative estimate of drug-likeness (QED) is 0.0172. The predicted molar refractivity (Wildman–Crippen MR) is 293 cm³/mol. The number of carbonyl (C=O) groups excluding carboxylic acids is 1. The molecule has 0 aliphatic carbocycles. The Hall–Kier alpha value is -2.83. The molecule has 11 atom stereocenters. The lowest BCUT2D eigenvalue weighted by Gasteiger charge is -2.42. The van der Waals surface area contributed by atoms with E-state index in [2.05, 4.69) is 98.9 Å². The van der Waals surface area contributed by atoms with Crippen molar-refractivity contribution in [2.75, 3.05) is 33.0 Å². The molecule has 14 heteroatoms. The Morgan fingerprint density at radius 1 is 0.459 bits per heavy atom. The summed E-state index contributed by atoms with van der Waals surface area (Å²) in [4.78, 5) is 13.1. The van der Waals surface area contributed by atoms with E-state index >= 15 is 0 Å². The fraction of sp³-hybridized carbons (Fsp3) is 0.750. The van der Waals surface area contributed by atoms with Crippen LogP contribution in [0.5, 0.6) is 0 Å². The van der Waals surface area contributed by atoms with Crippen LogP contribution >= 0.6 is 0 Å². The summed E-state index contributed by atoms with van der Waals surface area (Å²) in [7, 11) is 0. The molecule has 2 aliphatic rings. The predicted octanol–water partition coefficient (Wildman–Crippen LogP) is 10.0. The van der Waals surface area contributed by atoms with Crippen molar-refractivity contribution < 1.29 is 69.0 Å². The number of allylic oxidation sites excluding steroid dienone is 14. The molecule has 7 N–H and O–H groups in total. The summed E-state index contributed by atoms with van der Waals surface area (Å²) in [5, 5.41) is 72.3. The molecule has 2 saturated heterocycles. The van der Waals surface area contributed by atoms with Crippen LogP contribution < -0.4 is 0 Å². The largest absolute Gasteiger partial charge is 0.457 e. The van der Waals surface area contributed by atoms with Gasteiger partial charge < -0.3 is 64.2 Å². The van der Waals surface area contributed by atoms with Crippen LogP contribution in [0.4, 0.5) is 0 Å². The highest BCUT2D eigenvalue weighted by Crippen LogP contribution is 2.26. The van der Waals surface area contributed by atoms with Crippen LogP contribution in [0.15, 0.2) is 85.1 Å². The first-order chi connectivity index (χ1) is 36.1. The second-order valence-electron chi connectivity index (χ2n) is 19.7. The van der Waals surface area contributed by atoms with E-state index < -0.39 is 86.7 Å². The highest BCUT2D eigenvalue weighted by Gasteiger charge is 2.47. The number of hydrogen-bond donors (Lipinski definition) is 7. The Labute approximate surface area is 446 Å². The topological polar surface area (TPSA) is 214 Å². The van der Waals surface area contributed by atoms with E-state index in [1.54, 1.807) is 0 Å². The van der Waals surface area contributed by atoms with Crippen molar-refractivity contribution >= 4 is 5.97 Å². The van der Waals surface area contributed by atoms with Gasteiger partial charge in [0.05, 0.1) is 26.4 Å². The van der Waals surface area contributed by atoms with Gasteiger partial charge in [-0.3, -0.25) is 4.79 Å². The molecular formula is C60H102O14. The van der Waals surface area contributed by atoms with Gasteiger partial charge in [-0.15, -0.1) is 0 Å². The van der Waals surface area contributed by atoms with Gasteiger partial charge in [-0.25, -0.2) is 0 Å². The number of ether oxygens (including phenoxy) is 6. The smallest absolute Gasteiger partial charge is 0.306 e. The standard InChI is InChI=1S/C60H102O14/c1-3-5-7-9-11-13-15-17-19-21-23-24-25-27-29-31-33-35-37-39-41-43-52(62)72-49(46-69-44-42-40-38-36-34-32-30-28-26-22-20-18-16-14-12-10-8-6-4-2)47-70-59-58(68)56(66)54(64)51(74-59)48-71-60-57(67)55(65)53(63)50(45-61)73-60/h5,7,11,13,17,19-20,22-24,27,29,33,35,49-51,53-61,63-68H,3-4,6,8-10,12,14-16,18,21,25-26,28,30-32,34,36-48H2,1-2H3/b7-5-,13-11-,19-17-,22-20-,24-23-,29-27-,35-33-. The first kappa shape index (κ1) is 67.3. The Bertz CT molecular complexity index is 1540. The van der Waals surface area contributed by atoms with Crippen molar-refractivity contribution in [1.82, 2.24) is 0 Å². The van der Waals surface area contributed by atoms with Crippen LogP contribution in [0.1, 0.15) is 187 Å². The average Bonchev–Trinajstić information content (AvgIpc) is 3.40. The lowest BCUT2D eigenvalue weighted by atomic mass is 9.98. The Morgan fingerprint density at radius 3 is 1.39 bits per heavy atom. The molecule has 74 heavy (non-hydrogen) atoms. The van der Waals surface area contributed by atoms with E-state index in [4.69, 9.17) is 28.4 Å². The van der Waals surface area contributed by atoms with Crippen molar-refractivity contribution in [2.45, 2.75) is 255 Å². The molecule has 0 aromatic rings. The first-order valence-corrected chi connectivity index (χ1v) is 28.7. The van der Waals surface area contributed by atoms with E-state index in [-0.39, 0.29) is 19.6 Å². The Balaban J connectivity index is 1.76. The van der Waals surface area contributed by atoms with Gasteiger partial charge in [0, 0.05) is 13.0 Å². The average molecular weight is 1050 g/mol. The molecule has 14 nitrogen and oxygen atoms in total. The molecule has 2 heterocycles. The number of unbranched alkanes of at least 4 members (excludes halogenated alkanes) is 17. The summed E-state index contributed by atoms with van der Waals surface area (Å²) >= 11 is 0. The number of rotatable bonds is 45. The van der Waals surface area contributed by atoms with Gasteiger partial charge in [-0.2, -0.15) is 0 Å². The van der Waals surface area contributed by atoms with E-state index in [1.807, 2.05) is 0 Å².